The Morgan fingerprint density at radius 3 is 2.02 bits per heavy atom. The molecule has 0 aliphatic heterocycles. The van der Waals surface area contributed by atoms with Crippen molar-refractivity contribution in [2.24, 2.45) is 5.41 Å². The number of fused-ring (bicyclic) bond motifs is 1. The van der Waals surface area contributed by atoms with Gasteiger partial charge in [-0.25, -0.2) is 4.98 Å². The predicted octanol–water partition coefficient (Wildman–Crippen LogP) is 10.3. The molecule has 236 valence electrons. The van der Waals surface area contributed by atoms with Gasteiger partial charge in [-0.15, -0.1) is 0 Å². The summed E-state index contributed by atoms with van der Waals surface area (Å²) < 4.78 is 2.12. The van der Waals surface area contributed by atoms with E-state index in [4.69, 9.17) is 11.6 Å². The molecule has 0 fully saturated rings. The summed E-state index contributed by atoms with van der Waals surface area (Å²) in [7, 11) is 2.14. The van der Waals surface area contributed by atoms with E-state index in [0.29, 0.717) is 0 Å². The maximum absolute atomic E-state index is 6.69. The van der Waals surface area contributed by atoms with Crippen LogP contribution in [0.1, 0.15) is 43.0 Å². The lowest BCUT2D eigenvalue weighted by atomic mass is 9.76. The Morgan fingerprint density at radius 2 is 1.38 bits per heavy atom. The minimum absolute atomic E-state index is 0.0686. The van der Waals surface area contributed by atoms with Gasteiger partial charge in [0.25, 0.3) is 0 Å². The standard InChI is InChI=1S/C22H17ClN2.C21H25N/c23-21-14-8-7-13-20(21)22(25-16-15-24-17-25,18-9-3-1-4-10-18)19-11-5-2-6-12-19;1-21(2,3)15-8-5-9-16-22(4)17-19-13-10-12-18-11-6-7-14-20(18)19/h1-17H;5-7,9-14H,16-17H2,1-4H3/b;9-5+. The first-order chi connectivity index (χ1) is 22.8. The van der Waals surface area contributed by atoms with Crippen molar-refractivity contribution in [3.8, 4) is 11.8 Å². The molecule has 0 bridgehead atoms. The van der Waals surface area contributed by atoms with Crippen LogP contribution in [0.4, 0.5) is 0 Å². The average molecular weight is 636 g/mol. The van der Waals surface area contributed by atoms with Gasteiger partial charge in [-0.1, -0.05) is 151 Å². The molecule has 3 nitrogen and oxygen atoms in total. The molecular formula is C43H42ClN3. The van der Waals surface area contributed by atoms with Gasteiger partial charge in [0.05, 0.1) is 6.33 Å². The van der Waals surface area contributed by atoms with E-state index >= 15 is 0 Å². The smallest absolute Gasteiger partial charge is 0.123 e. The molecule has 0 aliphatic carbocycles. The third-order valence-electron chi connectivity index (χ3n) is 7.92. The highest BCUT2D eigenvalue weighted by atomic mass is 35.5. The molecule has 0 saturated heterocycles. The molecule has 6 rings (SSSR count). The quantitative estimate of drug-likeness (QED) is 0.123. The van der Waals surface area contributed by atoms with Crippen molar-refractivity contribution in [2.45, 2.75) is 32.9 Å². The van der Waals surface area contributed by atoms with Crippen molar-refractivity contribution in [3.05, 3.63) is 186 Å². The Kier molecular flexibility index (Phi) is 11.1. The molecule has 0 saturated carbocycles. The Morgan fingerprint density at radius 1 is 0.766 bits per heavy atom. The number of rotatable bonds is 8. The molecular weight excluding hydrogens is 594 g/mol. The van der Waals surface area contributed by atoms with E-state index in [1.807, 2.05) is 48.9 Å². The molecule has 1 aromatic heterocycles. The minimum Gasteiger partial charge on any atom is -0.319 e. The van der Waals surface area contributed by atoms with E-state index in [9.17, 15) is 0 Å². The van der Waals surface area contributed by atoms with Gasteiger partial charge < -0.3 is 4.57 Å². The van der Waals surface area contributed by atoms with Gasteiger partial charge in [-0.3, -0.25) is 4.90 Å². The molecule has 4 heteroatoms. The van der Waals surface area contributed by atoms with Gasteiger partial charge in [0.1, 0.15) is 5.54 Å². The van der Waals surface area contributed by atoms with Gasteiger partial charge >= 0.3 is 0 Å². The topological polar surface area (TPSA) is 21.1 Å². The highest BCUT2D eigenvalue weighted by molar-refractivity contribution is 6.31. The first-order valence-electron chi connectivity index (χ1n) is 16.0. The monoisotopic (exact) mass is 635 g/mol. The summed E-state index contributed by atoms with van der Waals surface area (Å²) >= 11 is 6.69. The van der Waals surface area contributed by atoms with Crippen LogP contribution in [-0.2, 0) is 12.1 Å². The van der Waals surface area contributed by atoms with Crippen LogP contribution in [0.25, 0.3) is 10.8 Å². The summed E-state index contributed by atoms with van der Waals surface area (Å²) in [5.74, 6) is 6.33. The fourth-order valence-corrected chi connectivity index (χ4v) is 6.09. The number of hydrogen-bond donors (Lipinski definition) is 0. The number of aromatic nitrogens is 2. The zero-order chi connectivity index (χ0) is 33.1. The highest BCUT2D eigenvalue weighted by Crippen LogP contribution is 2.43. The van der Waals surface area contributed by atoms with Crippen molar-refractivity contribution in [2.75, 3.05) is 13.6 Å². The Hall–Kier alpha value is -4.88. The van der Waals surface area contributed by atoms with Crippen LogP contribution in [0.3, 0.4) is 0 Å². The first kappa shape index (κ1) is 33.5. The normalized spacial score (nSPS) is 11.6. The van der Waals surface area contributed by atoms with Crippen LogP contribution in [0.5, 0.6) is 0 Å². The molecule has 0 unspecified atom stereocenters. The molecule has 0 amide bonds. The lowest BCUT2D eigenvalue weighted by molar-refractivity contribution is 0.365. The van der Waals surface area contributed by atoms with E-state index in [2.05, 4.69) is 157 Å². The second kappa shape index (κ2) is 15.6. The number of hydrogen-bond acceptors (Lipinski definition) is 2. The van der Waals surface area contributed by atoms with Crippen molar-refractivity contribution < 1.29 is 0 Å². The molecule has 6 aromatic rings. The Bertz CT molecular complexity index is 1900. The van der Waals surface area contributed by atoms with Crippen LogP contribution >= 0.6 is 11.6 Å². The number of benzene rings is 5. The molecule has 0 N–H and O–H groups in total. The van der Waals surface area contributed by atoms with E-state index in [-0.39, 0.29) is 5.41 Å². The van der Waals surface area contributed by atoms with Gasteiger partial charge in [0.15, 0.2) is 0 Å². The highest BCUT2D eigenvalue weighted by Gasteiger charge is 2.39. The molecule has 0 atom stereocenters. The van der Waals surface area contributed by atoms with E-state index in [1.165, 1.54) is 16.3 Å². The van der Waals surface area contributed by atoms with Crippen molar-refractivity contribution in [1.29, 1.82) is 0 Å². The predicted molar refractivity (Wildman–Crippen MR) is 198 cm³/mol. The second-order valence-corrected chi connectivity index (χ2v) is 13.1. The number of halogens is 1. The Labute approximate surface area is 285 Å². The van der Waals surface area contributed by atoms with Crippen molar-refractivity contribution >= 4 is 22.4 Å². The number of allylic oxidation sites excluding steroid dienone is 1. The lowest BCUT2D eigenvalue weighted by Gasteiger charge is -2.37. The van der Waals surface area contributed by atoms with Crippen LogP contribution in [0.15, 0.2) is 158 Å². The average Bonchev–Trinajstić information content (AvgIpc) is 3.62. The molecule has 1 heterocycles. The largest absolute Gasteiger partial charge is 0.319 e. The van der Waals surface area contributed by atoms with Gasteiger partial charge in [0.2, 0.25) is 0 Å². The third kappa shape index (κ3) is 8.29. The van der Waals surface area contributed by atoms with Crippen LogP contribution < -0.4 is 0 Å². The zero-order valence-corrected chi connectivity index (χ0v) is 28.4. The van der Waals surface area contributed by atoms with Crippen molar-refractivity contribution in [3.63, 3.8) is 0 Å². The molecule has 0 aliphatic rings. The van der Waals surface area contributed by atoms with Crippen LogP contribution in [0, 0.1) is 17.3 Å². The lowest BCUT2D eigenvalue weighted by Crippen LogP contribution is -2.37. The summed E-state index contributed by atoms with van der Waals surface area (Å²) in [5.41, 5.74) is 4.14. The van der Waals surface area contributed by atoms with Crippen molar-refractivity contribution in [1.82, 2.24) is 14.5 Å². The minimum atomic E-state index is -0.586. The van der Waals surface area contributed by atoms with Crippen LogP contribution in [0.2, 0.25) is 5.02 Å². The summed E-state index contributed by atoms with van der Waals surface area (Å²) in [6.07, 6.45) is 9.73. The molecule has 0 radical (unpaired) electrons. The van der Waals surface area contributed by atoms with Crippen LogP contribution in [-0.4, -0.2) is 28.0 Å². The summed E-state index contributed by atoms with van der Waals surface area (Å²) in [6.45, 7) is 8.22. The maximum atomic E-state index is 6.69. The maximum Gasteiger partial charge on any atom is 0.123 e. The van der Waals surface area contributed by atoms with Gasteiger partial charge in [-0.2, -0.15) is 0 Å². The number of likely N-dealkylation sites (N-methyl/N-ethyl adjacent to an activating group) is 1. The van der Waals surface area contributed by atoms with E-state index < -0.39 is 5.54 Å². The van der Waals surface area contributed by atoms with E-state index in [0.717, 1.165) is 34.8 Å². The Balaban J connectivity index is 0.000000186. The zero-order valence-electron chi connectivity index (χ0n) is 27.6. The third-order valence-corrected chi connectivity index (χ3v) is 8.25. The van der Waals surface area contributed by atoms with E-state index in [1.54, 1.807) is 6.20 Å². The number of nitrogens with zero attached hydrogens (tertiary/aromatic N) is 3. The van der Waals surface area contributed by atoms with Gasteiger partial charge in [-0.05, 0) is 67.4 Å². The fraction of sp³-hybridized carbons (Fsp3) is 0.186. The SMILES string of the molecule is CN(C/C=C/C#CC(C)(C)C)Cc1cccc2ccccc12.Clc1ccccc1C(c1ccccc1)(c1ccccc1)n1ccnc1. The summed E-state index contributed by atoms with van der Waals surface area (Å²) in [5, 5.41) is 3.37. The second-order valence-electron chi connectivity index (χ2n) is 12.6. The van der Waals surface area contributed by atoms with Gasteiger partial charge in [0, 0.05) is 41.5 Å². The number of imidazole rings is 1. The summed E-state index contributed by atoms with van der Waals surface area (Å²) in [6, 6.07) is 43.9. The molecule has 5 aromatic carbocycles. The fourth-order valence-electron chi connectivity index (χ4n) is 5.82. The molecule has 0 spiro atoms. The summed E-state index contributed by atoms with van der Waals surface area (Å²) in [4.78, 5) is 6.62. The molecule has 47 heavy (non-hydrogen) atoms. The first-order valence-corrected chi connectivity index (χ1v) is 16.3.